The first-order valence-corrected chi connectivity index (χ1v) is 6.36. The molecule has 16 heavy (non-hydrogen) atoms. The van der Waals surface area contributed by atoms with Crippen LogP contribution in [0.3, 0.4) is 0 Å². The van der Waals surface area contributed by atoms with Gasteiger partial charge < -0.3 is 20.4 Å². The summed E-state index contributed by atoms with van der Waals surface area (Å²) in [7, 11) is 0. The molecule has 4 nitrogen and oxygen atoms in total. The van der Waals surface area contributed by atoms with E-state index in [1.54, 1.807) is 0 Å². The number of ether oxygens (including phenoxy) is 1. The van der Waals surface area contributed by atoms with Gasteiger partial charge in [-0.15, -0.1) is 0 Å². The Bertz CT molecular complexity index is 257. The Labute approximate surface area is 96.2 Å². The molecular formula is C12H21NO3. The Kier molecular flexibility index (Phi) is 3.82. The van der Waals surface area contributed by atoms with Crippen molar-refractivity contribution < 1.29 is 20.4 Å². The Morgan fingerprint density at radius 1 is 1.19 bits per heavy atom. The average Bonchev–Trinajstić information content (AvgIpc) is 2.65. The van der Waals surface area contributed by atoms with Crippen molar-refractivity contribution in [1.82, 2.24) is 0 Å². The van der Waals surface area contributed by atoms with Crippen LogP contribution in [-0.4, -0.2) is 24.2 Å². The van der Waals surface area contributed by atoms with E-state index in [0.717, 1.165) is 32.1 Å². The highest BCUT2D eigenvalue weighted by Crippen LogP contribution is 2.29. The molecule has 4 heteroatoms. The summed E-state index contributed by atoms with van der Waals surface area (Å²) in [6.45, 7) is 0. The average molecular weight is 227 g/mol. The van der Waals surface area contributed by atoms with Crippen molar-refractivity contribution in [2.45, 2.75) is 63.2 Å². The number of carbonyl (C=O) groups is 1. The van der Waals surface area contributed by atoms with Crippen LogP contribution >= 0.6 is 0 Å². The van der Waals surface area contributed by atoms with Crippen molar-refractivity contribution in [1.29, 1.82) is 0 Å². The van der Waals surface area contributed by atoms with Crippen LogP contribution in [0, 0.1) is 5.92 Å². The molecule has 0 radical (unpaired) electrons. The fraction of sp³-hybridized carbons (Fsp3) is 0.917. The summed E-state index contributed by atoms with van der Waals surface area (Å²) < 4.78 is 5.99. The number of carbonyl (C=O) groups excluding carboxylic acids is 1. The summed E-state index contributed by atoms with van der Waals surface area (Å²) in [6, 6.07) is 0.392. The number of rotatable bonds is 3. The van der Waals surface area contributed by atoms with Crippen LogP contribution in [0.15, 0.2) is 0 Å². The van der Waals surface area contributed by atoms with Crippen molar-refractivity contribution in [2.75, 3.05) is 0 Å². The molecule has 2 fully saturated rings. The number of hydrogen-bond donors (Lipinski definition) is 1. The van der Waals surface area contributed by atoms with E-state index in [-0.39, 0.29) is 18.1 Å². The third kappa shape index (κ3) is 2.74. The predicted molar refractivity (Wildman–Crippen MR) is 56.2 cm³/mol. The minimum absolute atomic E-state index is 0.115. The summed E-state index contributed by atoms with van der Waals surface area (Å²) in [4.78, 5) is 10.8. The van der Waals surface area contributed by atoms with Crippen molar-refractivity contribution in [3.8, 4) is 0 Å². The lowest BCUT2D eigenvalue weighted by atomic mass is 9.87. The number of carboxylic acids is 1. The van der Waals surface area contributed by atoms with Gasteiger partial charge in [-0.2, -0.15) is 0 Å². The van der Waals surface area contributed by atoms with Crippen LogP contribution in [-0.2, 0) is 9.53 Å². The fourth-order valence-electron chi connectivity index (χ4n) is 2.91. The molecule has 3 N–H and O–H groups in total. The molecule has 92 valence electrons. The second-order valence-corrected chi connectivity index (χ2v) is 5.17. The van der Waals surface area contributed by atoms with Gasteiger partial charge in [-0.05, 0) is 32.1 Å². The van der Waals surface area contributed by atoms with Crippen LogP contribution in [0.5, 0.6) is 0 Å². The second-order valence-electron chi connectivity index (χ2n) is 5.17. The summed E-state index contributed by atoms with van der Waals surface area (Å²) in [5.41, 5.74) is 4.08. The third-order valence-electron chi connectivity index (χ3n) is 3.92. The Balaban J connectivity index is 1.83. The van der Waals surface area contributed by atoms with Gasteiger partial charge in [0.25, 0.3) is 0 Å². The molecule has 0 heterocycles. The maximum Gasteiger partial charge on any atom is 0.111 e. The number of hydrogen-bond acceptors (Lipinski definition) is 3. The van der Waals surface area contributed by atoms with Crippen molar-refractivity contribution >= 4 is 5.97 Å². The minimum Gasteiger partial charge on any atom is -0.550 e. The maximum absolute atomic E-state index is 10.8. The molecule has 0 bridgehead atoms. The monoisotopic (exact) mass is 227 g/mol. The first-order valence-electron chi connectivity index (χ1n) is 6.36. The highest BCUT2D eigenvalue weighted by Gasteiger charge is 2.32. The zero-order chi connectivity index (χ0) is 11.5. The van der Waals surface area contributed by atoms with E-state index in [1.807, 2.05) is 0 Å². The van der Waals surface area contributed by atoms with Crippen molar-refractivity contribution in [3.05, 3.63) is 0 Å². The van der Waals surface area contributed by atoms with Gasteiger partial charge in [0.15, 0.2) is 0 Å². The summed E-state index contributed by atoms with van der Waals surface area (Å²) in [6.07, 6.45) is 7.10. The van der Waals surface area contributed by atoms with E-state index in [9.17, 15) is 9.90 Å². The summed E-state index contributed by atoms with van der Waals surface area (Å²) in [5, 5.41) is 10.8. The van der Waals surface area contributed by atoms with Gasteiger partial charge in [0.05, 0.1) is 6.10 Å². The van der Waals surface area contributed by atoms with Gasteiger partial charge in [0.1, 0.15) is 12.1 Å². The second kappa shape index (κ2) is 5.15. The largest absolute Gasteiger partial charge is 0.550 e. The molecule has 2 saturated carbocycles. The zero-order valence-electron chi connectivity index (χ0n) is 9.69. The van der Waals surface area contributed by atoms with Crippen molar-refractivity contribution in [2.24, 2.45) is 5.92 Å². The Hall–Kier alpha value is -0.610. The van der Waals surface area contributed by atoms with Crippen molar-refractivity contribution in [3.63, 3.8) is 0 Å². The van der Waals surface area contributed by atoms with E-state index < -0.39 is 5.97 Å². The molecule has 0 aliphatic heterocycles. The zero-order valence-corrected chi connectivity index (χ0v) is 9.69. The first-order chi connectivity index (χ1) is 7.66. The molecule has 0 aromatic rings. The highest BCUT2D eigenvalue weighted by molar-refractivity contribution is 5.67. The Morgan fingerprint density at radius 2 is 1.94 bits per heavy atom. The number of aliphatic carboxylic acids is 1. The quantitative estimate of drug-likeness (QED) is 0.704. The molecule has 4 atom stereocenters. The molecule has 0 aromatic carbocycles. The number of carboxylic acid groups (broad SMARTS) is 1. The molecule has 2 rings (SSSR count). The van der Waals surface area contributed by atoms with E-state index in [0.29, 0.717) is 12.5 Å². The summed E-state index contributed by atoms with van der Waals surface area (Å²) >= 11 is 0. The van der Waals surface area contributed by atoms with Gasteiger partial charge in [-0.1, -0.05) is 6.42 Å². The normalized spacial score (nSPS) is 39.8. The molecule has 0 aromatic heterocycles. The van der Waals surface area contributed by atoms with E-state index >= 15 is 0 Å². The SMILES string of the molecule is [NH3+]C1CCCC1OC1CCCC(C(=O)[O-])C1. The van der Waals surface area contributed by atoms with Crippen LogP contribution in [0.4, 0.5) is 0 Å². The van der Waals surface area contributed by atoms with E-state index in [2.05, 4.69) is 5.73 Å². The topological polar surface area (TPSA) is 77.0 Å². The molecule has 0 saturated heterocycles. The van der Waals surface area contributed by atoms with Crippen LogP contribution < -0.4 is 10.8 Å². The highest BCUT2D eigenvalue weighted by atomic mass is 16.5. The predicted octanol–water partition coefficient (Wildman–Crippen LogP) is -0.525. The molecular weight excluding hydrogens is 206 g/mol. The lowest BCUT2D eigenvalue weighted by Crippen LogP contribution is -2.65. The minimum atomic E-state index is -0.911. The van der Waals surface area contributed by atoms with Gasteiger partial charge in [-0.3, -0.25) is 0 Å². The first kappa shape index (κ1) is 11.9. The fourth-order valence-corrected chi connectivity index (χ4v) is 2.91. The van der Waals surface area contributed by atoms with E-state index in [1.165, 1.54) is 6.42 Å². The molecule has 2 aliphatic carbocycles. The van der Waals surface area contributed by atoms with Gasteiger partial charge in [0.2, 0.25) is 0 Å². The summed E-state index contributed by atoms with van der Waals surface area (Å²) in [5.74, 6) is -1.21. The third-order valence-corrected chi connectivity index (χ3v) is 3.92. The molecule has 0 amide bonds. The van der Waals surface area contributed by atoms with Crippen LogP contribution in [0.1, 0.15) is 44.9 Å². The molecule has 2 aliphatic rings. The van der Waals surface area contributed by atoms with Crippen LogP contribution in [0.2, 0.25) is 0 Å². The van der Waals surface area contributed by atoms with Gasteiger partial charge in [-0.25, -0.2) is 0 Å². The maximum atomic E-state index is 10.8. The lowest BCUT2D eigenvalue weighted by molar-refractivity contribution is -0.436. The van der Waals surface area contributed by atoms with Gasteiger partial charge >= 0.3 is 0 Å². The smallest absolute Gasteiger partial charge is 0.111 e. The standard InChI is InChI=1S/C12H21NO3/c13-10-5-2-6-11(10)16-9-4-1-3-8(7-9)12(14)15/h8-11H,1-7,13H2,(H,14,15). The Morgan fingerprint density at radius 3 is 2.56 bits per heavy atom. The van der Waals surface area contributed by atoms with Crippen LogP contribution in [0.25, 0.3) is 0 Å². The lowest BCUT2D eigenvalue weighted by Gasteiger charge is -2.31. The number of quaternary nitrogens is 1. The van der Waals surface area contributed by atoms with E-state index in [4.69, 9.17) is 4.74 Å². The molecule has 4 unspecified atom stereocenters. The molecule has 0 spiro atoms. The van der Waals surface area contributed by atoms with Gasteiger partial charge in [0, 0.05) is 18.3 Å².